The normalized spacial score (nSPS) is 9.29. The molecule has 4 N–H and O–H groups in total. The molecule has 0 aromatic heterocycles. The Kier molecular flexibility index (Phi) is 8.45. The summed E-state index contributed by atoms with van der Waals surface area (Å²) in [6, 6.07) is 5.08. The summed E-state index contributed by atoms with van der Waals surface area (Å²) in [5.41, 5.74) is 10.4. The van der Waals surface area contributed by atoms with Gasteiger partial charge >= 0.3 is 0 Å². The Bertz CT molecular complexity index is 384. The molecule has 0 unspecified atom stereocenters. The van der Waals surface area contributed by atoms with Gasteiger partial charge in [-0.2, -0.15) is 0 Å². The molecule has 0 amide bonds. The molecule has 0 spiro atoms. The molecule has 1 rings (SSSR count). The van der Waals surface area contributed by atoms with Crippen LogP contribution in [0.2, 0.25) is 10.0 Å². The zero-order chi connectivity index (χ0) is 12.0. The van der Waals surface area contributed by atoms with Crippen LogP contribution in [0.1, 0.15) is 6.42 Å². The van der Waals surface area contributed by atoms with Gasteiger partial charge in [-0.05, 0) is 18.2 Å². The fraction of sp³-hybridized carbons (Fsp3) is 0.300. The molecule has 17 heavy (non-hydrogen) atoms. The number of hydrogen-bond acceptors (Lipinski definition) is 2. The zero-order valence-corrected chi connectivity index (χ0v) is 12.9. The average molecular weight is 390 g/mol. The molecule has 0 saturated carbocycles. The van der Waals surface area contributed by atoms with E-state index in [1.807, 2.05) is 0 Å². The van der Waals surface area contributed by atoms with E-state index < -0.39 is 0 Å². The van der Waals surface area contributed by atoms with Crippen LogP contribution in [0.5, 0.6) is 5.75 Å². The van der Waals surface area contributed by atoms with Crippen LogP contribution in [-0.2, 0) is 0 Å². The minimum Gasteiger partial charge on any atom is -0.492 e. The van der Waals surface area contributed by atoms with Gasteiger partial charge in [-0.25, -0.2) is 0 Å². The topological polar surface area (TPSA) is 73.6 Å². The minimum atomic E-state index is 0. The van der Waals surface area contributed by atoms with Gasteiger partial charge in [0.05, 0.1) is 11.6 Å². The predicted octanol–water partition coefficient (Wildman–Crippen LogP) is 2.65. The van der Waals surface area contributed by atoms with Crippen molar-refractivity contribution in [3.63, 3.8) is 0 Å². The third-order valence-electron chi connectivity index (χ3n) is 1.75. The van der Waals surface area contributed by atoms with Gasteiger partial charge in [0.25, 0.3) is 0 Å². The highest BCUT2D eigenvalue weighted by Gasteiger charge is 2.01. The largest absolute Gasteiger partial charge is 0.492 e. The molecule has 0 atom stereocenters. The summed E-state index contributed by atoms with van der Waals surface area (Å²) in [5, 5.41) is 1.08. The highest BCUT2D eigenvalue weighted by molar-refractivity contribution is 14.0. The van der Waals surface area contributed by atoms with Crippen LogP contribution >= 0.6 is 47.2 Å². The first-order valence-electron chi connectivity index (χ1n) is 4.73. The van der Waals surface area contributed by atoms with Crippen molar-refractivity contribution in [2.24, 2.45) is 16.5 Å². The van der Waals surface area contributed by atoms with Crippen molar-refractivity contribution >= 4 is 53.1 Å². The number of hydrogen-bond donors (Lipinski definition) is 2. The number of rotatable bonds is 5. The van der Waals surface area contributed by atoms with Crippen LogP contribution in [0.4, 0.5) is 0 Å². The van der Waals surface area contributed by atoms with Gasteiger partial charge < -0.3 is 16.2 Å². The van der Waals surface area contributed by atoms with Gasteiger partial charge in [-0.15, -0.1) is 24.0 Å². The Hall–Kier alpha value is -0.400. The molecular weight excluding hydrogens is 376 g/mol. The smallest absolute Gasteiger partial charge is 0.185 e. The molecule has 7 heteroatoms. The van der Waals surface area contributed by atoms with Crippen molar-refractivity contribution in [2.45, 2.75) is 6.42 Å². The lowest BCUT2D eigenvalue weighted by atomic mass is 10.3. The van der Waals surface area contributed by atoms with E-state index in [0.29, 0.717) is 28.9 Å². The van der Waals surface area contributed by atoms with Gasteiger partial charge in [0.1, 0.15) is 5.75 Å². The van der Waals surface area contributed by atoms with Crippen LogP contribution in [0.25, 0.3) is 0 Å². The summed E-state index contributed by atoms with van der Waals surface area (Å²) in [5.74, 6) is 0.695. The Balaban J connectivity index is 0.00000256. The second kappa shape index (κ2) is 8.66. The zero-order valence-electron chi connectivity index (χ0n) is 9.03. The van der Waals surface area contributed by atoms with Crippen molar-refractivity contribution in [2.75, 3.05) is 13.2 Å². The molecule has 0 aliphatic rings. The number of aliphatic imine (C=N–C) groups is 1. The molecule has 1 aromatic carbocycles. The van der Waals surface area contributed by atoms with E-state index in [-0.39, 0.29) is 29.9 Å². The molecule has 0 radical (unpaired) electrons. The van der Waals surface area contributed by atoms with Crippen LogP contribution < -0.4 is 16.2 Å². The maximum absolute atomic E-state index is 5.92. The van der Waals surface area contributed by atoms with Crippen LogP contribution in [0.15, 0.2) is 23.2 Å². The first kappa shape index (κ1) is 16.6. The van der Waals surface area contributed by atoms with Crippen molar-refractivity contribution in [1.29, 1.82) is 0 Å². The van der Waals surface area contributed by atoms with Gasteiger partial charge in [0.2, 0.25) is 0 Å². The number of guanidine groups is 1. The lowest BCUT2D eigenvalue weighted by molar-refractivity contribution is 0.314. The SMILES string of the molecule is I.NC(N)=NCCCOc1ccc(Cl)cc1Cl. The molecular formula is C10H14Cl2IN3O. The number of halogens is 3. The first-order chi connectivity index (χ1) is 7.59. The Morgan fingerprint density at radius 3 is 2.59 bits per heavy atom. The first-order valence-corrected chi connectivity index (χ1v) is 5.48. The standard InChI is InChI=1S/C10H13Cl2N3O.HI/c11-7-2-3-9(8(12)6-7)16-5-1-4-15-10(13)14;/h2-3,6H,1,4-5H2,(H4,13,14,15);1H. The Morgan fingerprint density at radius 2 is 2.00 bits per heavy atom. The second-order valence-corrected chi connectivity index (χ2v) is 3.93. The minimum absolute atomic E-state index is 0. The van der Waals surface area contributed by atoms with Crippen molar-refractivity contribution < 1.29 is 4.74 Å². The van der Waals surface area contributed by atoms with Gasteiger partial charge in [0, 0.05) is 18.0 Å². The molecule has 0 bridgehead atoms. The third-order valence-corrected chi connectivity index (χ3v) is 2.28. The number of nitrogens with two attached hydrogens (primary N) is 2. The van der Waals surface area contributed by atoms with Gasteiger partial charge in [-0.3, -0.25) is 4.99 Å². The monoisotopic (exact) mass is 389 g/mol. The predicted molar refractivity (Wildman–Crippen MR) is 82.7 cm³/mol. The highest BCUT2D eigenvalue weighted by atomic mass is 127. The average Bonchev–Trinajstić information content (AvgIpc) is 2.20. The van der Waals surface area contributed by atoms with E-state index in [2.05, 4.69) is 4.99 Å². The lowest BCUT2D eigenvalue weighted by Gasteiger charge is -2.07. The Morgan fingerprint density at radius 1 is 1.29 bits per heavy atom. The van der Waals surface area contributed by atoms with Crippen molar-refractivity contribution in [3.05, 3.63) is 28.2 Å². The summed E-state index contributed by atoms with van der Waals surface area (Å²) >= 11 is 11.7. The third kappa shape index (κ3) is 6.80. The summed E-state index contributed by atoms with van der Waals surface area (Å²) in [6.07, 6.45) is 0.719. The molecule has 0 aliphatic heterocycles. The maximum Gasteiger partial charge on any atom is 0.185 e. The van der Waals surface area contributed by atoms with E-state index in [4.69, 9.17) is 39.4 Å². The highest BCUT2D eigenvalue weighted by Crippen LogP contribution is 2.27. The molecule has 0 heterocycles. The summed E-state index contributed by atoms with van der Waals surface area (Å²) in [7, 11) is 0. The number of ether oxygens (including phenoxy) is 1. The fourth-order valence-corrected chi connectivity index (χ4v) is 1.51. The fourth-order valence-electron chi connectivity index (χ4n) is 1.05. The van der Waals surface area contributed by atoms with Crippen LogP contribution in [-0.4, -0.2) is 19.1 Å². The summed E-state index contributed by atoms with van der Waals surface area (Å²) in [4.78, 5) is 3.83. The summed E-state index contributed by atoms with van der Waals surface area (Å²) in [6.45, 7) is 1.03. The Labute approximate surface area is 127 Å². The molecule has 1 aromatic rings. The lowest BCUT2D eigenvalue weighted by Crippen LogP contribution is -2.23. The molecule has 4 nitrogen and oxygen atoms in total. The second-order valence-electron chi connectivity index (χ2n) is 3.08. The molecule has 0 fully saturated rings. The van der Waals surface area contributed by atoms with Crippen molar-refractivity contribution in [3.8, 4) is 5.75 Å². The number of nitrogens with zero attached hydrogens (tertiary/aromatic N) is 1. The summed E-state index contributed by atoms with van der Waals surface area (Å²) < 4.78 is 5.43. The van der Waals surface area contributed by atoms with Gasteiger partial charge in [0.15, 0.2) is 5.96 Å². The van der Waals surface area contributed by atoms with E-state index in [0.717, 1.165) is 6.42 Å². The van der Waals surface area contributed by atoms with E-state index in [1.54, 1.807) is 18.2 Å². The molecule has 96 valence electrons. The number of benzene rings is 1. The van der Waals surface area contributed by atoms with E-state index >= 15 is 0 Å². The van der Waals surface area contributed by atoms with Crippen molar-refractivity contribution in [1.82, 2.24) is 0 Å². The van der Waals surface area contributed by atoms with Crippen LogP contribution in [0.3, 0.4) is 0 Å². The van der Waals surface area contributed by atoms with Crippen LogP contribution in [0, 0.1) is 0 Å². The molecule has 0 saturated heterocycles. The molecule has 0 aliphatic carbocycles. The van der Waals surface area contributed by atoms with E-state index in [1.165, 1.54) is 0 Å². The van der Waals surface area contributed by atoms with E-state index in [9.17, 15) is 0 Å². The maximum atomic E-state index is 5.92. The quantitative estimate of drug-likeness (QED) is 0.352. The van der Waals surface area contributed by atoms with Gasteiger partial charge in [-0.1, -0.05) is 23.2 Å².